The van der Waals surface area contributed by atoms with E-state index in [0.717, 1.165) is 0 Å². The molecule has 0 aliphatic heterocycles. The first-order valence-electron chi connectivity index (χ1n) is 5.43. The van der Waals surface area contributed by atoms with Crippen molar-refractivity contribution in [2.24, 2.45) is 0 Å². The highest BCUT2D eigenvalue weighted by Crippen LogP contribution is 2.37. The number of hydrogen-bond donors (Lipinski definition) is 1. The molecule has 7 heteroatoms. The molecule has 0 atom stereocenters. The van der Waals surface area contributed by atoms with E-state index in [1.165, 1.54) is 19.4 Å². The van der Waals surface area contributed by atoms with Gasteiger partial charge in [0.25, 0.3) is 0 Å². The Labute approximate surface area is 130 Å². The van der Waals surface area contributed by atoms with Gasteiger partial charge in [0, 0.05) is 5.56 Å². The molecule has 0 fully saturated rings. The Hall–Kier alpha value is -1.49. The van der Waals surface area contributed by atoms with E-state index in [-0.39, 0.29) is 21.3 Å². The fourth-order valence-electron chi connectivity index (χ4n) is 1.62. The topological polar surface area (TPSA) is 65.2 Å². The van der Waals surface area contributed by atoms with Gasteiger partial charge in [-0.2, -0.15) is 0 Å². The van der Waals surface area contributed by atoms with Gasteiger partial charge in [-0.05, 0) is 18.2 Å². The standard InChI is InChI=1S/C13H9Cl3N2O2/c1-20-13(19)7-4-10(18-5-9(7)17)6-2-3-8(14)12(16)11(6)15/h2-5H,17H2,1H3. The van der Waals surface area contributed by atoms with Gasteiger partial charge in [-0.15, -0.1) is 0 Å². The third-order valence-electron chi connectivity index (χ3n) is 2.65. The van der Waals surface area contributed by atoms with Gasteiger partial charge in [0.1, 0.15) is 0 Å². The summed E-state index contributed by atoms with van der Waals surface area (Å²) in [6.07, 6.45) is 1.36. The minimum absolute atomic E-state index is 0.208. The lowest BCUT2D eigenvalue weighted by atomic mass is 10.1. The van der Waals surface area contributed by atoms with Crippen LogP contribution in [0.3, 0.4) is 0 Å². The number of ether oxygens (including phenoxy) is 1. The average Bonchev–Trinajstić information content (AvgIpc) is 2.45. The van der Waals surface area contributed by atoms with Crippen molar-refractivity contribution in [3.63, 3.8) is 0 Å². The van der Waals surface area contributed by atoms with E-state index in [9.17, 15) is 4.79 Å². The van der Waals surface area contributed by atoms with Crippen LogP contribution in [0.5, 0.6) is 0 Å². The summed E-state index contributed by atoms with van der Waals surface area (Å²) >= 11 is 18.0. The largest absolute Gasteiger partial charge is 0.465 e. The smallest absolute Gasteiger partial charge is 0.340 e. The highest BCUT2D eigenvalue weighted by molar-refractivity contribution is 6.49. The molecule has 104 valence electrons. The summed E-state index contributed by atoms with van der Waals surface area (Å²) in [5, 5.41) is 0.820. The minimum Gasteiger partial charge on any atom is -0.465 e. The average molecular weight is 332 g/mol. The molecule has 0 amide bonds. The van der Waals surface area contributed by atoms with Crippen molar-refractivity contribution in [1.82, 2.24) is 4.98 Å². The van der Waals surface area contributed by atoms with E-state index in [0.29, 0.717) is 16.3 Å². The van der Waals surface area contributed by atoms with E-state index in [4.69, 9.17) is 40.5 Å². The van der Waals surface area contributed by atoms with Crippen molar-refractivity contribution < 1.29 is 9.53 Å². The molecule has 0 bridgehead atoms. The predicted molar refractivity (Wildman–Crippen MR) is 80.5 cm³/mol. The number of anilines is 1. The molecule has 20 heavy (non-hydrogen) atoms. The molecule has 0 radical (unpaired) electrons. The first-order chi connectivity index (χ1) is 9.45. The fourth-order valence-corrected chi connectivity index (χ4v) is 2.26. The summed E-state index contributed by atoms with van der Waals surface area (Å²) in [6.45, 7) is 0. The molecular formula is C13H9Cl3N2O2. The van der Waals surface area contributed by atoms with Crippen LogP contribution in [-0.2, 0) is 4.74 Å². The second-order valence-electron chi connectivity index (χ2n) is 3.87. The lowest BCUT2D eigenvalue weighted by molar-refractivity contribution is 0.0602. The van der Waals surface area contributed by atoms with Crippen molar-refractivity contribution in [3.8, 4) is 11.3 Å². The van der Waals surface area contributed by atoms with Gasteiger partial charge in [0.2, 0.25) is 0 Å². The third kappa shape index (κ3) is 2.68. The number of rotatable bonds is 2. The quantitative estimate of drug-likeness (QED) is 0.665. The highest BCUT2D eigenvalue weighted by atomic mass is 35.5. The van der Waals surface area contributed by atoms with Crippen LogP contribution in [0.4, 0.5) is 5.69 Å². The lowest BCUT2D eigenvalue weighted by Crippen LogP contribution is -2.06. The first-order valence-corrected chi connectivity index (χ1v) is 6.56. The molecule has 1 aromatic heterocycles. The van der Waals surface area contributed by atoms with Crippen LogP contribution in [0.25, 0.3) is 11.3 Å². The molecule has 0 aliphatic rings. The summed E-state index contributed by atoms with van der Waals surface area (Å²) < 4.78 is 4.65. The number of aromatic nitrogens is 1. The Bertz CT molecular complexity index is 690. The van der Waals surface area contributed by atoms with Crippen molar-refractivity contribution in [2.75, 3.05) is 12.8 Å². The van der Waals surface area contributed by atoms with Crippen LogP contribution >= 0.6 is 34.8 Å². The zero-order valence-electron chi connectivity index (χ0n) is 10.3. The Morgan fingerprint density at radius 1 is 1.25 bits per heavy atom. The Morgan fingerprint density at radius 3 is 2.60 bits per heavy atom. The van der Waals surface area contributed by atoms with Crippen molar-refractivity contribution in [3.05, 3.63) is 45.0 Å². The maximum Gasteiger partial charge on any atom is 0.340 e. The number of esters is 1. The molecule has 0 spiro atoms. The Kier molecular flexibility index (Phi) is 4.38. The van der Waals surface area contributed by atoms with Gasteiger partial charge in [-0.1, -0.05) is 34.8 Å². The maximum absolute atomic E-state index is 11.6. The molecular weight excluding hydrogens is 323 g/mol. The number of pyridine rings is 1. The molecule has 1 aromatic carbocycles. The number of nitrogens with two attached hydrogens (primary N) is 1. The van der Waals surface area contributed by atoms with Crippen molar-refractivity contribution in [2.45, 2.75) is 0 Å². The summed E-state index contributed by atoms with van der Waals surface area (Å²) in [7, 11) is 1.27. The molecule has 2 aromatic rings. The zero-order chi connectivity index (χ0) is 14.9. The van der Waals surface area contributed by atoms with Gasteiger partial charge in [0.15, 0.2) is 0 Å². The highest BCUT2D eigenvalue weighted by Gasteiger charge is 2.16. The minimum atomic E-state index is -0.553. The van der Waals surface area contributed by atoms with Crippen LogP contribution in [-0.4, -0.2) is 18.1 Å². The predicted octanol–water partition coefficient (Wildman–Crippen LogP) is 4.08. The zero-order valence-corrected chi connectivity index (χ0v) is 12.6. The van der Waals surface area contributed by atoms with E-state index >= 15 is 0 Å². The normalized spacial score (nSPS) is 10.4. The summed E-state index contributed by atoms with van der Waals surface area (Å²) in [6, 6.07) is 4.75. The Balaban J connectivity index is 2.60. The molecule has 4 nitrogen and oxygen atoms in total. The van der Waals surface area contributed by atoms with E-state index in [1.807, 2.05) is 0 Å². The summed E-state index contributed by atoms with van der Waals surface area (Å²) in [4.78, 5) is 15.8. The molecule has 1 heterocycles. The second kappa shape index (κ2) is 5.87. The van der Waals surface area contributed by atoms with Gasteiger partial charge in [0.05, 0.1) is 45.3 Å². The number of methoxy groups -OCH3 is 1. The number of carbonyl (C=O) groups is 1. The second-order valence-corrected chi connectivity index (χ2v) is 5.03. The van der Waals surface area contributed by atoms with Gasteiger partial charge in [-0.25, -0.2) is 4.79 Å². The van der Waals surface area contributed by atoms with E-state index in [1.54, 1.807) is 12.1 Å². The number of carbonyl (C=O) groups excluding carboxylic acids is 1. The molecule has 0 unspecified atom stereocenters. The molecule has 2 N–H and O–H groups in total. The number of benzene rings is 1. The van der Waals surface area contributed by atoms with Crippen LogP contribution in [0.1, 0.15) is 10.4 Å². The van der Waals surface area contributed by atoms with Crippen molar-refractivity contribution >= 4 is 46.5 Å². The Morgan fingerprint density at radius 2 is 1.95 bits per heavy atom. The number of nitrogens with zero attached hydrogens (tertiary/aromatic N) is 1. The van der Waals surface area contributed by atoms with Crippen LogP contribution in [0, 0.1) is 0 Å². The monoisotopic (exact) mass is 330 g/mol. The molecule has 0 saturated carbocycles. The van der Waals surface area contributed by atoms with Crippen LogP contribution in [0.15, 0.2) is 24.4 Å². The van der Waals surface area contributed by atoms with Gasteiger partial charge >= 0.3 is 5.97 Å². The number of hydrogen-bond acceptors (Lipinski definition) is 4. The molecule has 0 aliphatic carbocycles. The summed E-state index contributed by atoms with van der Waals surface area (Å²) in [5.74, 6) is -0.553. The first kappa shape index (κ1) is 14.9. The SMILES string of the molecule is COC(=O)c1cc(-c2ccc(Cl)c(Cl)c2Cl)ncc1N. The van der Waals surface area contributed by atoms with Crippen LogP contribution in [0.2, 0.25) is 15.1 Å². The van der Waals surface area contributed by atoms with Crippen LogP contribution < -0.4 is 5.73 Å². The van der Waals surface area contributed by atoms with Gasteiger partial charge in [-0.3, -0.25) is 4.98 Å². The van der Waals surface area contributed by atoms with E-state index in [2.05, 4.69) is 9.72 Å². The maximum atomic E-state index is 11.6. The van der Waals surface area contributed by atoms with Gasteiger partial charge < -0.3 is 10.5 Å². The lowest BCUT2D eigenvalue weighted by Gasteiger charge is -2.09. The molecule has 0 saturated heterocycles. The summed E-state index contributed by atoms with van der Waals surface area (Å²) in [5.41, 5.74) is 7.11. The number of nitrogen functional groups attached to an aromatic ring is 1. The van der Waals surface area contributed by atoms with E-state index < -0.39 is 5.97 Å². The fraction of sp³-hybridized carbons (Fsp3) is 0.0769. The third-order valence-corrected chi connectivity index (χ3v) is 3.94. The number of halogens is 3. The molecule has 2 rings (SSSR count). The van der Waals surface area contributed by atoms with Crippen molar-refractivity contribution in [1.29, 1.82) is 0 Å².